The lowest BCUT2D eigenvalue weighted by molar-refractivity contribution is 0.0982. The van der Waals surface area contributed by atoms with Crippen molar-refractivity contribution in [2.45, 2.75) is 0 Å². The van der Waals surface area contributed by atoms with Crippen molar-refractivity contribution < 1.29 is 9.21 Å². The average molecular weight is 499 g/mol. The predicted molar refractivity (Wildman–Crippen MR) is 133 cm³/mol. The van der Waals surface area contributed by atoms with Crippen LogP contribution in [0.15, 0.2) is 65.3 Å². The molecule has 6 nitrogen and oxygen atoms in total. The minimum Gasteiger partial charge on any atom is -0.436 e. The van der Waals surface area contributed by atoms with Crippen LogP contribution in [0.25, 0.3) is 32.6 Å². The maximum Gasteiger partial charge on any atom is 0.269 e. The zero-order chi connectivity index (χ0) is 22.2. The average Bonchev–Trinajstić information content (AvgIpc) is 3.35. The summed E-state index contributed by atoms with van der Waals surface area (Å²) in [5.74, 6) is 0.0758. The fourth-order valence-electron chi connectivity index (χ4n) is 3.13. The van der Waals surface area contributed by atoms with E-state index in [4.69, 9.17) is 39.8 Å². The number of carbonyl (C=O) groups is 1. The normalized spacial score (nSPS) is 11.1. The zero-order valence-electron chi connectivity index (χ0n) is 16.1. The minimum atomic E-state index is -0.397. The number of aromatic nitrogens is 2. The third kappa shape index (κ3) is 4.05. The maximum absolute atomic E-state index is 12.7. The molecule has 5 aromatic rings. The van der Waals surface area contributed by atoms with Crippen LogP contribution in [0.4, 0.5) is 5.69 Å². The standard InChI is InChI=1S/C22H12Cl2N4O2S2/c23-12-3-5-14-17(8-12)32-19(18(14)24)20(29)28-22(31)26-13-4-6-16-15(9-13)27-21(30-16)11-2-1-7-25-10-11/h1-10H,(H2,26,28,29,31). The first-order valence-corrected chi connectivity index (χ1v) is 11.3. The molecule has 0 spiro atoms. The van der Waals surface area contributed by atoms with Crippen molar-refractivity contribution in [3.05, 3.63) is 75.8 Å². The number of nitrogens with one attached hydrogen (secondary N) is 2. The van der Waals surface area contributed by atoms with E-state index < -0.39 is 5.91 Å². The van der Waals surface area contributed by atoms with E-state index in [1.54, 1.807) is 48.8 Å². The van der Waals surface area contributed by atoms with E-state index in [2.05, 4.69) is 20.6 Å². The molecule has 0 saturated heterocycles. The SMILES string of the molecule is O=C(NC(=S)Nc1ccc2oc(-c3cccnc3)nc2c1)c1sc2cc(Cl)ccc2c1Cl. The first-order chi connectivity index (χ1) is 15.5. The minimum absolute atomic E-state index is 0.136. The summed E-state index contributed by atoms with van der Waals surface area (Å²) in [6.07, 6.45) is 3.37. The molecule has 0 unspecified atom stereocenters. The number of nitrogens with zero attached hydrogens (tertiary/aromatic N) is 2. The number of oxazole rings is 1. The van der Waals surface area contributed by atoms with Gasteiger partial charge in [-0.05, 0) is 54.7 Å². The van der Waals surface area contributed by atoms with Gasteiger partial charge in [0.1, 0.15) is 10.4 Å². The topological polar surface area (TPSA) is 80.0 Å². The van der Waals surface area contributed by atoms with E-state index >= 15 is 0 Å². The summed E-state index contributed by atoms with van der Waals surface area (Å²) < 4.78 is 6.61. The van der Waals surface area contributed by atoms with Crippen LogP contribution in [0.3, 0.4) is 0 Å². The molecule has 3 heterocycles. The van der Waals surface area contributed by atoms with Crippen LogP contribution in [0.5, 0.6) is 0 Å². The van der Waals surface area contributed by atoms with Crippen LogP contribution in [-0.2, 0) is 0 Å². The molecule has 32 heavy (non-hydrogen) atoms. The molecule has 0 saturated carbocycles. The smallest absolute Gasteiger partial charge is 0.269 e. The van der Waals surface area contributed by atoms with E-state index in [0.29, 0.717) is 37.6 Å². The Balaban J connectivity index is 1.32. The second-order valence-electron chi connectivity index (χ2n) is 6.74. The number of amides is 1. The molecule has 0 bridgehead atoms. The molecule has 10 heteroatoms. The van der Waals surface area contributed by atoms with Gasteiger partial charge in [0.2, 0.25) is 5.89 Å². The van der Waals surface area contributed by atoms with Crippen molar-refractivity contribution in [2.75, 3.05) is 5.32 Å². The number of rotatable bonds is 3. The van der Waals surface area contributed by atoms with Crippen LogP contribution in [0, 0.1) is 0 Å². The third-order valence-electron chi connectivity index (χ3n) is 4.58. The highest BCUT2D eigenvalue weighted by molar-refractivity contribution is 7.80. The number of hydrogen-bond donors (Lipinski definition) is 2. The first kappa shape index (κ1) is 20.8. The molecular formula is C22H12Cl2N4O2S2. The molecule has 0 atom stereocenters. The van der Waals surface area contributed by atoms with Gasteiger partial charge >= 0.3 is 0 Å². The van der Waals surface area contributed by atoms with Gasteiger partial charge in [-0.1, -0.05) is 29.3 Å². The van der Waals surface area contributed by atoms with Gasteiger partial charge < -0.3 is 9.73 Å². The van der Waals surface area contributed by atoms with Gasteiger partial charge in [0.05, 0.1) is 10.6 Å². The lowest BCUT2D eigenvalue weighted by Gasteiger charge is -2.08. The largest absolute Gasteiger partial charge is 0.436 e. The van der Waals surface area contributed by atoms with Crippen molar-refractivity contribution >= 4 is 84.6 Å². The lowest BCUT2D eigenvalue weighted by atomic mass is 10.2. The van der Waals surface area contributed by atoms with Crippen molar-refractivity contribution in [1.82, 2.24) is 15.3 Å². The summed E-state index contributed by atoms with van der Waals surface area (Å²) in [4.78, 5) is 21.7. The van der Waals surface area contributed by atoms with Gasteiger partial charge in [0.15, 0.2) is 10.7 Å². The number of halogens is 2. The van der Waals surface area contributed by atoms with Crippen LogP contribution >= 0.6 is 46.8 Å². The highest BCUT2D eigenvalue weighted by atomic mass is 35.5. The number of carbonyl (C=O) groups excluding carboxylic acids is 1. The molecule has 0 radical (unpaired) electrons. The Labute approximate surface area is 201 Å². The Kier molecular flexibility index (Phi) is 5.52. The predicted octanol–water partition coefficient (Wildman–Crippen LogP) is 6.54. The molecule has 158 valence electrons. The summed E-state index contributed by atoms with van der Waals surface area (Å²) >= 11 is 19.0. The van der Waals surface area contributed by atoms with Gasteiger partial charge in [-0.3, -0.25) is 15.1 Å². The molecule has 5 rings (SSSR count). The monoisotopic (exact) mass is 498 g/mol. The number of thiophene rings is 1. The van der Waals surface area contributed by atoms with E-state index in [0.717, 1.165) is 15.6 Å². The quantitative estimate of drug-likeness (QED) is 0.275. The van der Waals surface area contributed by atoms with Crippen molar-refractivity contribution in [1.29, 1.82) is 0 Å². The Morgan fingerprint density at radius 3 is 2.81 bits per heavy atom. The highest BCUT2D eigenvalue weighted by Crippen LogP contribution is 2.36. The van der Waals surface area contributed by atoms with Crippen LogP contribution < -0.4 is 10.6 Å². The number of anilines is 1. The molecular weight excluding hydrogens is 487 g/mol. The number of hydrogen-bond acceptors (Lipinski definition) is 6. The Morgan fingerprint density at radius 1 is 1.12 bits per heavy atom. The molecule has 0 aliphatic rings. The van der Waals surface area contributed by atoms with Crippen LogP contribution in [-0.4, -0.2) is 21.0 Å². The molecule has 1 amide bonds. The van der Waals surface area contributed by atoms with Gasteiger partial charge in [0, 0.05) is 33.2 Å². The zero-order valence-corrected chi connectivity index (χ0v) is 19.2. The molecule has 2 aromatic carbocycles. The fourth-order valence-corrected chi connectivity index (χ4v) is 5.02. The molecule has 0 aliphatic heterocycles. The third-order valence-corrected chi connectivity index (χ3v) is 6.67. The Bertz CT molecular complexity index is 1500. The summed E-state index contributed by atoms with van der Waals surface area (Å²) in [5, 5.41) is 7.51. The second kappa shape index (κ2) is 8.48. The number of thiocarbonyl (C=S) groups is 1. The van der Waals surface area contributed by atoms with Gasteiger partial charge in [-0.2, -0.15) is 0 Å². The first-order valence-electron chi connectivity index (χ1n) is 9.29. The Morgan fingerprint density at radius 2 is 2.00 bits per heavy atom. The van der Waals surface area contributed by atoms with Gasteiger partial charge in [-0.15, -0.1) is 11.3 Å². The number of pyridine rings is 1. The fraction of sp³-hybridized carbons (Fsp3) is 0. The molecule has 0 aliphatic carbocycles. The summed E-state index contributed by atoms with van der Waals surface area (Å²) in [6.45, 7) is 0. The highest BCUT2D eigenvalue weighted by Gasteiger charge is 2.18. The lowest BCUT2D eigenvalue weighted by Crippen LogP contribution is -2.33. The second-order valence-corrected chi connectivity index (χ2v) is 9.01. The van der Waals surface area contributed by atoms with E-state index in [1.807, 2.05) is 12.1 Å². The molecule has 2 N–H and O–H groups in total. The molecule has 3 aromatic heterocycles. The van der Waals surface area contributed by atoms with Gasteiger partial charge in [0.25, 0.3) is 5.91 Å². The number of benzene rings is 2. The van der Waals surface area contributed by atoms with Crippen LogP contribution in [0.1, 0.15) is 9.67 Å². The van der Waals surface area contributed by atoms with Crippen molar-refractivity contribution in [3.8, 4) is 11.5 Å². The molecule has 0 fully saturated rings. The number of fused-ring (bicyclic) bond motifs is 2. The summed E-state index contributed by atoms with van der Waals surface area (Å²) in [6, 6.07) is 14.3. The van der Waals surface area contributed by atoms with Crippen molar-refractivity contribution in [2.24, 2.45) is 0 Å². The van der Waals surface area contributed by atoms with Crippen molar-refractivity contribution in [3.63, 3.8) is 0 Å². The van der Waals surface area contributed by atoms with E-state index in [9.17, 15) is 4.79 Å². The maximum atomic E-state index is 12.7. The van der Waals surface area contributed by atoms with E-state index in [-0.39, 0.29) is 5.11 Å². The van der Waals surface area contributed by atoms with Gasteiger partial charge in [-0.25, -0.2) is 4.98 Å². The summed E-state index contributed by atoms with van der Waals surface area (Å²) in [5.41, 5.74) is 2.71. The Hall–Kier alpha value is -3.04. The summed E-state index contributed by atoms with van der Waals surface area (Å²) in [7, 11) is 0. The van der Waals surface area contributed by atoms with E-state index in [1.165, 1.54) is 11.3 Å². The van der Waals surface area contributed by atoms with Crippen LogP contribution in [0.2, 0.25) is 10.0 Å².